The summed E-state index contributed by atoms with van der Waals surface area (Å²) in [6, 6.07) is 15.4. The smallest absolute Gasteiger partial charge is 0.407 e. The second-order valence-electron chi connectivity index (χ2n) is 8.83. The van der Waals surface area contributed by atoms with Crippen molar-refractivity contribution in [3.8, 4) is 11.1 Å². The fourth-order valence-corrected chi connectivity index (χ4v) is 4.56. The van der Waals surface area contributed by atoms with E-state index in [2.05, 4.69) is 34.9 Å². The van der Waals surface area contributed by atoms with Gasteiger partial charge in [-0.05, 0) is 53.9 Å². The lowest BCUT2D eigenvalue weighted by molar-refractivity contribution is -0.137. The Kier molecular flexibility index (Phi) is 6.96. The highest BCUT2D eigenvalue weighted by Crippen LogP contribution is 2.44. The highest BCUT2D eigenvalue weighted by atomic mass is 16.5. The van der Waals surface area contributed by atoms with Gasteiger partial charge in [-0.15, -0.1) is 0 Å². The van der Waals surface area contributed by atoms with Gasteiger partial charge in [0.05, 0.1) is 0 Å². The van der Waals surface area contributed by atoms with Gasteiger partial charge in [-0.3, -0.25) is 9.59 Å². The van der Waals surface area contributed by atoms with Crippen LogP contribution in [-0.2, 0) is 14.3 Å². The molecule has 0 aliphatic heterocycles. The Labute approximate surface area is 193 Å². The third-order valence-corrected chi connectivity index (χ3v) is 6.54. The summed E-state index contributed by atoms with van der Waals surface area (Å²) in [6.45, 7) is 2.09. The third-order valence-electron chi connectivity index (χ3n) is 6.54. The van der Waals surface area contributed by atoms with Crippen LogP contribution in [0.15, 0.2) is 48.5 Å². The molecule has 2 aromatic rings. The van der Waals surface area contributed by atoms with Crippen LogP contribution in [0.1, 0.15) is 56.1 Å². The second-order valence-corrected chi connectivity index (χ2v) is 8.83. The van der Waals surface area contributed by atoms with Gasteiger partial charge in [0.25, 0.3) is 0 Å². The van der Waals surface area contributed by atoms with Gasteiger partial charge >= 0.3 is 12.1 Å². The molecule has 0 spiro atoms. The number of benzene rings is 2. The van der Waals surface area contributed by atoms with Crippen molar-refractivity contribution < 1.29 is 24.2 Å². The van der Waals surface area contributed by atoms with Crippen LogP contribution >= 0.6 is 0 Å². The van der Waals surface area contributed by atoms with E-state index in [4.69, 9.17) is 9.84 Å². The summed E-state index contributed by atoms with van der Waals surface area (Å²) in [4.78, 5) is 36.3. The normalized spacial score (nSPS) is 16.3. The molecule has 2 amide bonds. The molecule has 2 atom stereocenters. The van der Waals surface area contributed by atoms with E-state index in [0.717, 1.165) is 35.1 Å². The number of ether oxygens (including phenoxy) is 1. The SMILES string of the molecule is CCC(CCC(=O)O)NC(=O)C(NC(=O)OCC1c2ccccc2-c2ccccc21)C1CC1. The standard InChI is InChI=1S/C26H30N2O5/c1-2-17(13-14-23(29)30)27-25(31)24(16-11-12-16)28-26(32)33-15-22-20-9-5-3-7-18(20)19-8-4-6-10-21(19)22/h3-10,16-17,22,24H,2,11-15H2,1H3,(H,27,31)(H,28,32)(H,29,30). The topological polar surface area (TPSA) is 105 Å². The van der Waals surface area contributed by atoms with Crippen LogP contribution in [0.2, 0.25) is 0 Å². The number of hydrogen-bond donors (Lipinski definition) is 3. The van der Waals surface area contributed by atoms with Crippen molar-refractivity contribution in [2.45, 2.75) is 57.0 Å². The predicted octanol–water partition coefficient (Wildman–Crippen LogP) is 4.06. The summed E-state index contributed by atoms with van der Waals surface area (Å²) in [5, 5.41) is 14.6. The molecule has 0 bridgehead atoms. The number of carboxylic acids is 1. The molecule has 33 heavy (non-hydrogen) atoms. The summed E-state index contributed by atoms with van der Waals surface area (Å²) in [7, 11) is 0. The number of carbonyl (C=O) groups is 3. The molecule has 3 N–H and O–H groups in total. The summed E-state index contributed by atoms with van der Waals surface area (Å²) in [5.41, 5.74) is 4.58. The lowest BCUT2D eigenvalue weighted by Crippen LogP contribution is -2.51. The number of aliphatic carboxylic acids is 1. The lowest BCUT2D eigenvalue weighted by Gasteiger charge is -2.22. The molecule has 2 aromatic carbocycles. The third kappa shape index (κ3) is 5.35. The zero-order valence-corrected chi connectivity index (χ0v) is 18.8. The minimum absolute atomic E-state index is 0.00725. The first-order valence-electron chi connectivity index (χ1n) is 11.6. The van der Waals surface area contributed by atoms with E-state index in [9.17, 15) is 14.4 Å². The maximum atomic E-state index is 12.8. The molecule has 7 heteroatoms. The Morgan fingerprint density at radius 3 is 2.15 bits per heavy atom. The zero-order valence-electron chi connectivity index (χ0n) is 18.8. The van der Waals surface area contributed by atoms with Gasteiger partial charge < -0.3 is 20.5 Å². The molecule has 0 radical (unpaired) electrons. The van der Waals surface area contributed by atoms with E-state index in [0.29, 0.717) is 12.8 Å². The molecule has 0 saturated heterocycles. The molecule has 4 rings (SSSR count). The quantitative estimate of drug-likeness (QED) is 0.506. The molecule has 1 fully saturated rings. The van der Waals surface area contributed by atoms with Gasteiger partial charge in [-0.1, -0.05) is 55.5 Å². The second kappa shape index (κ2) is 10.1. The van der Waals surface area contributed by atoms with Crippen LogP contribution in [-0.4, -0.2) is 41.8 Å². The van der Waals surface area contributed by atoms with Gasteiger partial charge in [0.1, 0.15) is 12.6 Å². The zero-order chi connectivity index (χ0) is 23.4. The molecule has 174 valence electrons. The maximum Gasteiger partial charge on any atom is 0.407 e. The van der Waals surface area contributed by atoms with Crippen molar-refractivity contribution in [1.82, 2.24) is 10.6 Å². The van der Waals surface area contributed by atoms with Crippen molar-refractivity contribution in [2.24, 2.45) is 5.92 Å². The number of nitrogens with one attached hydrogen (secondary N) is 2. The predicted molar refractivity (Wildman–Crippen MR) is 124 cm³/mol. The van der Waals surface area contributed by atoms with E-state index in [1.165, 1.54) is 0 Å². The number of rotatable bonds is 10. The highest BCUT2D eigenvalue weighted by Gasteiger charge is 2.38. The van der Waals surface area contributed by atoms with Gasteiger partial charge in [0.15, 0.2) is 0 Å². The number of alkyl carbamates (subject to hydrolysis) is 1. The Hall–Kier alpha value is -3.35. The summed E-state index contributed by atoms with van der Waals surface area (Å²) < 4.78 is 5.60. The molecule has 2 aliphatic rings. The number of fused-ring (bicyclic) bond motifs is 3. The molecule has 1 saturated carbocycles. The van der Waals surface area contributed by atoms with E-state index in [1.807, 2.05) is 31.2 Å². The maximum absolute atomic E-state index is 12.8. The first-order valence-corrected chi connectivity index (χ1v) is 11.6. The Bertz CT molecular complexity index is 987. The van der Waals surface area contributed by atoms with Gasteiger partial charge in [0.2, 0.25) is 5.91 Å². The molecule has 2 unspecified atom stereocenters. The van der Waals surface area contributed by atoms with Crippen molar-refractivity contribution in [3.63, 3.8) is 0 Å². The van der Waals surface area contributed by atoms with E-state index in [1.54, 1.807) is 0 Å². The van der Waals surface area contributed by atoms with E-state index >= 15 is 0 Å². The summed E-state index contributed by atoms with van der Waals surface area (Å²) in [5.74, 6) is -1.12. The lowest BCUT2D eigenvalue weighted by atomic mass is 9.98. The fraction of sp³-hybridized carbons (Fsp3) is 0.423. The highest BCUT2D eigenvalue weighted by molar-refractivity contribution is 5.86. The number of hydrogen-bond acceptors (Lipinski definition) is 4. The van der Waals surface area contributed by atoms with E-state index in [-0.39, 0.29) is 36.8 Å². The molecule has 2 aliphatic carbocycles. The molecular formula is C26H30N2O5. The van der Waals surface area contributed by atoms with E-state index < -0.39 is 18.1 Å². The average Bonchev–Trinajstić information content (AvgIpc) is 3.61. The van der Waals surface area contributed by atoms with Crippen molar-refractivity contribution in [1.29, 1.82) is 0 Å². The van der Waals surface area contributed by atoms with Crippen LogP contribution in [0, 0.1) is 5.92 Å². The number of carbonyl (C=O) groups excluding carboxylic acids is 2. The van der Waals surface area contributed by atoms with Crippen LogP contribution in [0.5, 0.6) is 0 Å². The largest absolute Gasteiger partial charge is 0.481 e. The average molecular weight is 451 g/mol. The van der Waals surface area contributed by atoms with Crippen LogP contribution in [0.4, 0.5) is 4.79 Å². The van der Waals surface area contributed by atoms with Gasteiger partial charge in [-0.25, -0.2) is 4.79 Å². The fourth-order valence-electron chi connectivity index (χ4n) is 4.56. The molecule has 0 heterocycles. The van der Waals surface area contributed by atoms with Crippen molar-refractivity contribution >= 4 is 18.0 Å². The molecular weight excluding hydrogens is 420 g/mol. The molecule has 7 nitrogen and oxygen atoms in total. The minimum Gasteiger partial charge on any atom is -0.481 e. The first-order chi connectivity index (χ1) is 16.0. The van der Waals surface area contributed by atoms with Gasteiger partial charge in [-0.2, -0.15) is 0 Å². The molecule has 0 aromatic heterocycles. The first kappa shape index (κ1) is 22.8. The number of carboxylic acid groups (broad SMARTS) is 1. The van der Waals surface area contributed by atoms with Crippen LogP contribution in [0.25, 0.3) is 11.1 Å². The Balaban J connectivity index is 1.36. The Morgan fingerprint density at radius 2 is 1.61 bits per heavy atom. The Morgan fingerprint density at radius 1 is 1.00 bits per heavy atom. The van der Waals surface area contributed by atoms with Crippen molar-refractivity contribution in [2.75, 3.05) is 6.61 Å². The van der Waals surface area contributed by atoms with Gasteiger partial charge in [0, 0.05) is 18.4 Å². The summed E-state index contributed by atoms with van der Waals surface area (Å²) in [6.07, 6.45) is 2.11. The van der Waals surface area contributed by atoms with Crippen LogP contribution < -0.4 is 10.6 Å². The number of amides is 2. The van der Waals surface area contributed by atoms with Crippen molar-refractivity contribution in [3.05, 3.63) is 59.7 Å². The summed E-state index contributed by atoms with van der Waals surface area (Å²) >= 11 is 0. The van der Waals surface area contributed by atoms with Crippen LogP contribution in [0.3, 0.4) is 0 Å². The minimum atomic E-state index is -0.891. The monoisotopic (exact) mass is 450 g/mol.